The minimum Gasteiger partial charge on any atom is -0.375 e. The highest BCUT2D eigenvalue weighted by molar-refractivity contribution is 6.03. The maximum absolute atomic E-state index is 12.7. The molecule has 0 amide bonds. The highest BCUT2D eigenvalue weighted by atomic mass is 16.5. The van der Waals surface area contributed by atoms with Crippen molar-refractivity contribution >= 4 is 5.78 Å². The van der Waals surface area contributed by atoms with Gasteiger partial charge in [-0.25, -0.2) is 0 Å². The van der Waals surface area contributed by atoms with Crippen molar-refractivity contribution in [2.24, 2.45) is 0 Å². The molecule has 21 heavy (non-hydrogen) atoms. The van der Waals surface area contributed by atoms with Crippen LogP contribution in [0.4, 0.5) is 0 Å². The van der Waals surface area contributed by atoms with Crippen LogP contribution in [-0.4, -0.2) is 24.1 Å². The number of carbonyl (C=O) groups is 1. The largest absolute Gasteiger partial charge is 0.375 e. The Morgan fingerprint density at radius 2 is 1.67 bits per heavy atom. The third-order valence-corrected chi connectivity index (χ3v) is 3.21. The molecule has 2 aromatic carbocycles. The molecule has 0 aliphatic rings. The average molecular weight is 282 g/mol. The van der Waals surface area contributed by atoms with Gasteiger partial charge in [0.15, 0.2) is 5.60 Å². The number of Topliss-reactive ketones (excluding diaryl/α,β-unsaturated/α-hetero) is 1. The molecule has 3 nitrogen and oxygen atoms in total. The van der Waals surface area contributed by atoms with Crippen LogP contribution < -0.4 is 0 Å². The summed E-state index contributed by atoms with van der Waals surface area (Å²) in [7, 11) is 0. The van der Waals surface area contributed by atoms with Gasteiger partial charge >= 0.3 is 0 Å². The molecule has 0 bridgehead atoms. The van der Waals surface area contributed by atoms with Crippen molar-refractivity contribution in [3.05, 3.63) is 84.4 Å². The summed E-state index contributed by atoms with van der Waals surface area (Å²) in [5.74, 6) is -0.377. The molecular formula is C18H18O3. The Morgan fingerprint density at radius 3 is 2.24 bits per heavy atom. The third kappa shape index (κ3) is 3.45. The van der Waals surface area contributed by atoms with E-state index in [-0.39, 0.29) is 19.0 Å². The van der Waals surface area contributed by atoms with Crippen molar-refractivity contribution in [1.29, 1.82) is 0 Å². The first-order valence-electron chi connectivity index (χ1n) is 6.75. The monoisotopic (exact) mass is 282 g/mol. The molecule has 0 spiro atoms. The molecule has 2 rings (SSSR count). The molecule has 0 aromatic heterocycles. The lowest BCUT2D eigenvalue weighted by Gasteiger charge is -2.27. The molecule has 0 heterocycles. The minimum absolute atomic E-state index is 0.114. The fourth-order valence-electron chi connectivity index (χ4n) is 2.11. The average Bonchev–Trinajstić information content (AvgIpc) is 2.56. The van der Waals surface area contributed by atoms with E-state index in [1.807, 2.05) is 12.1 Å². The number of benzene rings is 2. The van der Waals surface area contributed by atoms with Gasteiger partial charge in [0.2, 0.25) is 5.78 Å². The molecule has 1 unspecified atom stereocenters. The van der Waals surface area contributed by atoms with Crippen LogP contribution in [0, 0.1) is 0 Å². The van der Waals surface area contributed by atoms with Gasteiger partial charge in [0.25, 0.3) is 0 Å². The van der Waals surface area contributed by atoms with E-state index in [1.54, 1.807) is 54.6 Å². The van der Waals surface area contributed by atoms with E-state index in [4.69, 9.17) is 4.74 Å². The molecule has 0 saturated heterocycles. The number of aliphatic hydroxyl groups is 1. The molecular weight excluding hydrogens is 264 g/mol. The van der Waals surface area contributed by atoms with Crippen LogP contribution in [0.2, 0.25) is 0 Å². The Balaban J connectivity index is 2.36. The Bertz CT molecular complexity index is 592. The van der Waals surface area contributed by atoms with Crippen molar-refractivity contribution < 1.29 is 14.6 Å². The number of ketones is 1. The number of hydrogen-bond acceptors (Lipinski definition) is 3. The van der Waals surface area contributed by atoms with Crippen LogP contribution in [0.25, 0.3) is 0 Å². The van der Waals surface area contributed by atoms with Gasteiger partial charge in [-0.1, -0.05) is 66.7 Å². The molecule has 108 valence electrons. The Labute approximate surface area is 124 Å². The molecule has 1 atom stereocenters. The lowest BCUT2D eigenvalue weighted by atomic mass is 9.86. The molecule has 0 radical (unpaired) electrons. The SMILES string of the molecule is C=CCOCC(O)(C(=O)c1ccccc1)c1ccccc1. The van der Waals surface area contributed by atoms with E-state index in [0.29, 0.717) is 11.1 Å². The van der Waals surface area contributed by atoms with Crippen LogP contribution in [0.5, 0.6) is 0 Å². The van der Waals surface area contributed by atoms with E-state index in [9.17, 15) is 9.90 Å². The van der Waals surface area contributed by atoms with E-state index in [1.165, 1.54) is 0 Å². The molecule has 3 heteroatoms. The molecule has 0 saturated carbocycles. The van der Waals surface area contributed by atoms with E-state index in [0.717, 1.165) is 0 Å². The van der Waals surface area contributed by atoms with Crippen LogP contribution in [0.3, 0.4) is 0 Å². The van der Waals surface area contributed by atoms with Gasteiger partial charge in [-0.15, -0.1) is 6.58 Å². The zero-order valence-electron chi connectivity index (χ0n) is 11.7. The zero-order valence-corrected chi connectivity index (χ0v) is 11.7. The van der Waals surface area contributed by atoms with Gasteiger partial charge in [0.1, 0.15) is 0 Å². The maximum Gasteiger partial charge on any atom is 0.201 e. The van der Waals surface area contributed by atoms with Crippen molar-refractivity contribution in [1.82, 2.24) is 0 Å². The van der Waals surface area contributed by atoms with Gasteiger partial charge in [-0.05, 0) is 5.56 Å². The summed E-state index contributed by atoms with van der Waals surface area (Å²) in [5, 5.41) is 10.9. The Kier molecular flexibility index (Phi) is 5.04. The molecule has 1 N–H and O–H groups in total. The van der Waals surface area contributed by atoms with Gasteiger partial charge in [-0.3, -0.25) is 4.79 Å². The minimum atomic E-state index is -1.70. The highest BCUT2D eigenvalue weighted by Gasteiger charge is 2.38. The lowest BCUT2D eigenvalue weighted by molar-refractivity contribution is -0.0252. The van der Waals surface area contributed by atoms with Gasteiger partial charge in [-0.2, -0.15) is 0 Å². The van der Waals surface area contributed by atoms with Crippen LogP contribution in [0.1, 0.15) is 15.9 Å². The smallest absolute Gasteiger partial charge is 0.201 e. The van der Waals surface area contributed by atoms with Crippen LogP contribution in [0.15, 0.2) is 73.3 Å². The normalized spacial score (nSPS) is 13.4. The summed E-state index contributed by atoms with van der Waals surface area (Å²) in [5.41, 5.74) is -0.736. The molecule has 2 aromatic rings. The van der Waals surface area contributed by atoms with E-state index in [2.05, 4.69) is 6.58 Å². The maximum atomic E-state index is 12.7. The fourth-order valence-corrected chi connectivity index (χ4v) is 2.11. The summed E-state index contributed by atoms with van der Waals surface area (Å²) in [6.45, 7) is 3.73. The van der Waals surface area contributed by atoms with Gasteiger partial charge < -0.3 is 9.84 Å². The first-order chi connectivity index (χ1) is 10.2. The van der Waals surface area contributed by atoms with Crippen molar-refractivity contribution in [2.45, 2.75) is 5.60 Å². The fraction of sp³-hybridized carbons (Fsp3) is 0.167. The summed E-state index contributed by atoms with van der Waals surface area (Å²) in [4.78, 5) is 12.7. The Morgan fingerprint density at radius 1 is 1.10 bits per heavy atom. The first kappa shape index (κ1) is 15.2. The van der Waals surface area contributed by atoms with Gasteiger partial charge in [0.05, 0.1) is 13.2 Å². The standard InChI is InChI=1S/C18H18O3/c1-2-13-21-14-18(20,16-11-7-4-8-12-16)17(19)15-9-5-3-6-10-15/h2-12,20H,1,13-14H2. The Hall–Kier alpha value is -2.23. The second-order valence-corrected chi connectivity index (χ2v) is 4.73. The quantitative estimate of drug-likeness (QED) is 0.482. The topological polar surface area (TPSA) is 46.5 Å². The van der Waals surface area contributed by atoms with E-state index < -0.39 is 5.60 Å². The molecule has 0 aliphatic heterocycles. The molecule has 0 fully saturated rings. The van der Waals surface area contributed by atoms with Crippen LogP contribution in [-0.2, 0) is 10.3 Å². The number of ether oxygens (including phenoxy) is 1. The zero-order chi connectivity index (χ0) is 15.1. The number of hydrogen-bond donors (Lipinski definition) is 1. The predicted octanol–water partition coefficient (Wildman–Crippen LogP) is 2.96. The summed E-state index contributed by atoms with van der Waals surface area (Å²) in [6.07, 6.45) is 1.58. The van der Waals surface area contributed by atoms with Crippen molar-refractivity contribution in [2.75, 3.05) is 13.2 Å². The van der Waals surface area contributed by atoms with Crippen molar-refractivity contribution in [3.63, 3.8) is 0 Å². The first-order valence-corrected chi connectivity index (χ1v) is 6.75. The number of rotatable bonds is 7. The van der Waals surface area contributed by atoms with Crippen LogP contribution >= 0.6 is 0 Å². The predicted molar refractivity (Wildman–Crippen MR) is 82.1 cm³/mol. The van der Waals surface area contributed by atoms with Gasteiger partial charge in [0, 0.05) is 5.56 Å². The highest BCUT2D eigenvalue weighted by Crippen LogP contribution is 2.26. The number of carbonyl (C=O) groups excluding carboxylic acids is 1. The molecule has 0 aliphatic carbocycles. The second kappa shape index (κ2) is 6.97. The third-order valence-electron chi connectivity index (χ3n) is 3.21. The summed E-state index contributed by atoms with van der Waals surface area (Å²) in [6, 6.07) is 17.6. The van der Waals surface area contributed by atoms with E-state index >= 15 is 0 Å². The summed E-state index contributed by atoms with van der Waals surface area (Å²) >= 11 is 0. The lowest BCUT2D eigenvalue weighted by Crippen LogP contribution is -2.40. The second-order valence-electron chi connectivity index (χ2n) is 4.73. The summed E-state index contributed by atoms with van der Waals surface area (Å²) < 4.78 is 5.36. The van der Waals surface area contributed by atoms with Crippen molar-refractivity contribution in [3.8, 4) is 0 Å².